The van der Waals surface area contributed by atoms with Crippen LogP contribution >= 0.6 is 0 Å². The van der Waals surface area contributed by atoms with Crippen LogP contribution in [0.4, 0.5) is 0 Å². The highest BCUT2D eigenvalue weighted by atomic mass is 16.3. The zero-order chi connectivity index (χ0) is 18.2. The van der Waals surface area contributed by atoms with E-state index in [0.717, 1.165) is 18.8 Å². The summed E-state index contributed by atoms with van der Waals surface area (Å²) in [5.74, 6) is 1.58. The highest BCUT2D eigenvalue weighted by Crippen LogP contribution is 2.20. The number of phenols is 1. The average molecular weight is 338 g/mol. The minimum atomic E-state index is -0.0391. The molecule has 0 unspecified atom stereocenters. The number of carbonyl (C=O) groups is 1. The third-order valence-electron chi connectivity index (χ3n) is 4.70. The normalized spacial score (nSPS) is 12.3. The zero-order valence-electron chi connectivity index (χ0n) is 15.7. The van der Waals surface area contributed by atoms with E-state index in [1.807, 2.05) is 18.2 Å². The monoisotopic (exact) mass is 338 g/mol. The molecule has 2 rings (SSSR count). The molecule has 2 aromatic rings. The van der Waals surface area contributed by atoms with Gasteiger partial charge in [0, 0.05) is 11.1 Å². The summed E-state index contributed by atoms with van der Waals surface area (Å²) in [4.78, 5) is 12.6. The third kappa shape index (κ3) is 6.38. The molecule has 0 saturated carbocycles. The first-order chi connectivity index (χ1) is 12.0. The Morgan fingerprint density at radius 1 is 0.920 bits per heavy atom. The molecule has 0 radical (unpaired) electrons. The summed E-state index contributed by atoms with van der Waals surface area (Å²) in [6, 6.07) is 14.4. The van der Waals surface area contributed by atoms with E-state index in [4.69, 9.17) is 0 Å². The van der Waals surface area contributed by atoms with Gasteiger partial charge >= 0.3 is 0 Å². The van der Waals surface area contributed by atoms with Crippen LogP contribution in [0.15, 0.2) is 48.5 Å². The van der Waals surface area contributed by atoms with Crippen LogP contribution in [-0.4, -0.2) is 10.9 Å². The molecule has 134 valence electrons. The van der Waals surface area contributed by atoms with Crippen LogP contribution in [0.5, 0.6) is 5.75 Å². The predicted octanol–water partition coefficient (Wildman–Crippen LogP) is 6.02. The second kappa shape index (κ2) is 9.41. The SMILES string of the molecule is CC(C)CCC[C@@H](C)CCc1cccc(C(=O)c2cccc(O)c2)c1. The Hall–Kier alpha value is -2.09. The molecule has 2 heteroatoms. The first-order valence-electron chi connectivity index (χ1n) is 9.38. The standard InChI is InChI=1S/C23H30O2/c1-17(2)7-4-8-18(3)13-14-19-9-5-10-20(15-19)23(25)21-11-6-12-22(24)16-21/h5-6,9-12,15-18,24H,4,7-8,13-14H2,1-3H3/t18-/m1/s1. The van der Waals surface area contributed by atoms with Gasteiger partial charge in [0.1, 0.15) is 5.75 Å². The molecule has 0 aliphatic rings. The Morgan fingerprint density at radius 3 is 2.28 bits per heavy atom. The third-order valence-corrected chi connectivity index (χ3v) is 4.70. The van der Waals surface area contributed by atoms with Crippen molar-refractivity contribution in [1.29, 1.82) is 0 Å². The summed E-state index contributed by atoms with van der Waals surface area (Å²) < 4.78 is 0. The lowest BCUT2D eigenvalue weighted by molar-refractivity contribution is 0.103. The van der Waals surface area contributed by atoms with Gasteiger partial charge in [-0.05, 0) is 48.4 Å². The van der Waals surface area contributed by atoms with Crippen LogP contribution in [0, 0.1) is 11.8 Å². The van der Waals surface area contributed by atoms with E-state index in [-0.39, 0.29) is 11.5 Å². The summed E-state index contributed by atoms with van der Waals surface area (Å²) in [7, 11) is 0. The Balaban J connectivity index is 1.93. The minimum Gasteiger partial charge on any atom is -0.508 e. The lowest BCUT2D eigenvalue weighted by Gasteiger charge is -2.12. The van der Waals surface area contributed by atoms with Crippen molar-refractivity contribution < 1.29 is 9.90 Å². The summed E-state index contributed by atoms with van der Waals surface area (Å²) in [6.07, 6.45) is 6.04. The van der Waals surface area contributed by atoms with E-state index in [1.54, 1.807) is 18.2 Å². The van der Waals surface area contributed by atoms with Crippen molar-refractivity contribution in [2.45, 2.75) is 52.9 Å². The number of benzene rings is 2. The molecule has 0 fully saturated rings. The zero-order valence-corrected chi connectivity index (χ0v) is 15.7. The smallest absolute Gasteiger partial charge is 0.193 e. The van der Waals surface area contributed by atoms with Gasteiger partial charge in [0.25, 0.3) is 0 Å². The minimum absolute atomic E-state index is 0.0391. The quantitative estimate of drug-likeness (QED) is 0.568. The van der Waals surface area contributed by atoms with Gasteiger partial charge in [-0.3, -0.25) is 4.79 Å². The first kappa shape index (κ1) is 19.2. The Bertz CT molecular complexity index is 688. The molecule has 0 amide bonds. The number of ketones is 1. The van der Waals surface area contributed by atoms with Gasteiger partial charge in [-0.25, -0.2) is 0 Å². The topological polar surface area (TPSA) is 37.3 Å². The molecule has 0 heterocycles. The Kier molecular flexibility index (Phi) is 7.24. The molecule has 2 aromatic carbocycles. The second-order valence-electron chi connectivity index (χ2n) is 7.55. The number of hydrogen-bond donors (Lipinski definition) is 1. The van der Waals surface area contributed by atoms with Crippen LogP contribution in [0.3, 0.4) is 0 Å². The number of rotatable bonds is 9. The fraction of sp³-hybridized carbons (Fsp3) is 0.435. The Labute approximate surface area is 151 Å². The predicted molar refractivity (Wildman–Crippen MR) is 104 cm³/mol. The highest BCUT2D eigenvalue weighted by Gasteiger charge is 2.11. The van der Waals surface area contributed by atoms with Gasteiger partial charge in [0.15, 0.2) is 5.78 Å². The van der Waals surface area contributed by atoms with Crippen molar-refractivity contribution in [2.24, 2.45) is 11.8 Å². The summed E-state index contributed by atoms with van der Waals surface area (Å²) in [5, 5.41) is 9.56. The second-order valence-corrected chi connectivity index (χ2v) is 7.55. The summed E-state index contributed by atoms with van der Waals surface area (Å²) in [5.41, 5.74) is 2.43. The van der Waals surface area contributed by atoms with Crippen LogP contribution in [0.1, 0.15) is 67.9 Å². The van der Waals surface area contributed by atoms with Gasteiger partial charge in [0.2, 0.25) is 0 Å². The number of hydrogen-bond acceptors (Lipinski definition) is 2. The maximum absolute atomic E-state index is 12.6. The summed E-state index contributed by atoms with van der Waals surface area (Å²) in [6.45, 7) is 6.88. The van der Waals surface area contributed by atoms with Crippen LogP contribution in [-0.2, 0) is 6.42 Å². The highest BCUT2D eigenvalue weighted by molar-refractivity contribution is 6.09. The lowest BCUT2D eigenvalue weighted by Crippen LogP contribution is -2.03. The molecular formula is C23H30O2. The first-order valence-corrected chi connectivity index (χ1v) is 9.38. The maximum Gasteiger partial charge on any atom is 0.193 e. The van der Waals surface area contributed by atoms with E-state index in [9.17, 15) is 9.90 Å². The average Bonchev–Trinajstić information content (AvgIpc) is 2.59. The van der Waals surface area contributed by atoms with Gasteiger partial charge in [-0.15, -0.1) is 0 Å². The molecule has 0 bridgehead atoms. The van der Waals surface area contributed by atoms with Gasteiger partial charge in [-0.2, -0.15) is 0 Å². The Morgan fingerprint density at radius 2 is 1.60 bits per heavy atom. The van der Waals surface area contributed by atoms with Gasteiger partial charge in [0.05, 0.1) is 0 Å². The van der Waals surface area contributed by atoms with Crippen molar-refractivity contribution in [2.75, 3.05) is 0 Å². The molecule has 0 aliphatic carbocycles. The maximum atomic E-state index is 12.6. The largest absolute Gasteiger partial charge is 0.508 e. The van der Waals surface area contributed by atoms with Crippen LogP contribution in [0.25, 0.3) is 0 Å². The molecule has 1 atom stereocenters. The van der Waals surface area contributed by atoms with Crippen molar-refractivity contribution in [1.82, 2.24) is 0 Å². The van der Waals surface area contributed by atoms with Crippen LogP contribution < -0.4 is 0 Å². The van der Waals surface area contributed by atoms with Crippen molar-refractivity contribution in [3.63, 3.8) is 0 Å². The molecule has 0 aromatic heterocycles. The van der Waals surface area contributed by atoms with Crippen molar-refractivity contribution in [3.8, 4) is 5.75 Å². The molecule has 0 spiro atoms. The summed E-state index contributed by atoms with van der Waals surface area (Å²) >= 11 is 0. The molecule has 0 saturated heterocycles. The number of phenolic OH excluding ortho intramolecular Hbond substituents is 1. The number of aryl methyl sites for hydroxylation is 1. The molecule has 1 N–H and O–H groups in total. The fourth-order valence-electron chi connectivity index (χ4n) is 3.11. The van der Waals surface area contributed by atoms with Crippen molar-refractivity contribution in [3.05, 3.63) is 65.2 Å². The van der Waals surface area contributed by atoms with E-state index < -0.39 is 0 Å². The fourth-order valence-corrected chi connectivity index (χ4v) is 3.11. The number of aromatic hydroxyl groups is 1. The molecule has 25 heavy (non-hydrogen) atoms. The van der Waals surface area contributed by atoms with Gasteiger partial charge in [-0.1, -0.05) is 70.4 Å². The van der Waals surface area contributed by atoms with Gasteiger partial charge < -0.3 is 5.11 Å². The van der Waals surface area contributed by atoms with E-state index in [0.29, 0.717) is 17.0 Å². The molecule has 0 aliphatic heterocycles. The lowest BCUT2D eigenvalue weighted by atomic mass is 9.93. The van der Waals surface area contributed by atoms with E-state index in [1.165, 1.54) is 30.9 Å². The van der Waals surface area contributed by atoms with Crippen LogP contribution in [0.2, 0.25) is 0 Å². The van der Waals surface area contributed by atoms with E-state index >= 15 is 0 Å². The van der Waals surface area contributed by atoms with Crippen molar-refractivity contribution >= 4 is 5.78 Å². The molecular weight excluding hydrogens is 308 g/mol. The molecule has 2 nitrogen and oxygen atoms in total. The van der Waals surface area contributed by atoms with E-state index in [2.05, 4.69) is 26.8 Å². The number of carbonyl (C=O) groups excluding carboxylic acids is 1.